The molecule has 0 saturated carbocycles. The molecule has 0 bridgehead atoms. The van der Waals surface area contributed by atoms with E-state index in [1.54, 1.807) is 0 Å². The van der Waals surface area contributed by atoms with E-state index in [9.17, 15) is 0 Å². The summed E-state index contributed by atoms with van der Waals surface area (Å²) in [5.74, 6) is 0.502. The summed E-state index contributed by atoms with van der Waals surface area (Å²) in [6.45, 7) is 4.19. The topological polar surface area (TPSA) is 32.6 Å². The predicted molar refractivity (Wildman–Crippen MR) is 106 cm³/mol. The number of aromatic nitrogens is 1. The van der Waals surface area contributed by atoms with Crippen molar-refractivity contribution in [3.05, 3.63) is 29.3 Å². The van der Waals surface area contributed by atoms with Crippen LogP contribution in [0.3, 0.4) is 0 Å². The van der Waals surface area contributed by atoms with E-state index in [2.05, 4.69) is 48.6 Å². The van der Waals surface area contributed by atoms with Crippen LogP contribution < -0.4 is 10.2 Å². The molecule has 0 radical (unpaired) electrons. The van der Waals surface area contributed by atoms with E-state index in [0.29, 0.717) is 5.92 Å². The highest BCUT2D eigenvalue weighted by Gasteiger charge is 2.25. The Bertz CT molecular complexity index is 649. The third-order valence-electron chi connectivity index (χ3n) is 4.50. The molecule has 0 unspecified atom stereocenters. The van der Waals surface area contributed by atoms with Crippen LogP contribution in [0.5, 0.6) is 0 Å². The van der Waals surface area contributed by atoms with Gasteiger partial charge in [-0.1, -0.05) is 12.1 Å². The van der Waals surface area contributed by atoms with Gasteiger partial charge in [-0.3, -0.25) is 0 Å². The molecule has 1 aromatic carbocycles. The normalized spacial score (nSPS) is 18.3. The molecule has 1 aromatic heterocycles. The molecule has 4 nitrogen and oxygen atoms in total. The summed E-state index contributed by atoms with van der Waals surface area (Å²) in [5, 5.41) is 5.61. The standard InChI is InChI=1S/C18H26N4S2/c1-21(2)11-6-10-19-18(23)22-12-5-7-14(13-22)17-20-15-8-3-4-9-16(15)24-17/h3-4,8-9,14H,5-7,10-13H2,1-2H3,(H,19,23)/p+1/t14-/m0/s1. The van der Waals surface area contributed by atoms with E-state index in [4.69, 9.17) is 17.2 Å². The van der Waals surface area contributed by atoms with Gasteiger partial charge in [-0.05, 0) is 37.2 Å². The Kier molecular flexibility index (Phi) is 6.03. The van der Waals surface area contributed by atoms with Gasteiger partial charge in [0, 0.05) is 32.0 Å². The zero-order valence-corrected chi connectivity index (χ0v) is 16.2. The lowest BCUT2D eigenvalue weighted by molar-refractivity contribution is -0.858. The first-order valence-electron chi connectivity index (χ1n) is 8.81. The Balaban J connectivity index is 1.56. The van der Waals surface area contributed by atoms with Crippen LogP contribution in [-0.2, 0) is 0 Å². The lowest BCUT2D eigenvalue weighted by atomic mass is 9.99. The number of quaternary nitrogens is 1. The number of fused-ring (bicyclic) bond motifs is 1. The van der Waals surface area contributed by atoms with Crippen LogP contribution in [0.2, 0.25) is 0 Å². The maximum atomic E-state index is 5.61. The van der Waals surface area contributed by atoms with Gasteiger partial charge < -0.3 is 15.1 Å². The summed E-state index contributed by atoms with van der Waals surface area (Å²) in [4.78, 5) is 8.66. The molecule has 2 N–H and O–H groups in total. The second-order valence-corrected chi connectivity index (χ2v) is 8.30. The highest BCUT2D eigenvalue weighted by molar-refractivity contribution is 7.80. The first kappa shape index (κ1) is 17.6. The largest absolute Gasteiger partial charge is 0.362 e. The van der Waals surface area contributed by atoms with Gasteiger partial charge in [0.2, 0.25) is 0 Å². The van der Waals surface area contributed by atoms with Crippen molar-refractivity contribution < 1.29 is 4.90 Å². The van der Waals surface area contributed by atoms with Crippen molar-refractivity contribution in [3.8, 4) is 0 Å². The molecule has 3 rings (SSSR count). The van der Waals surface area contributed by atoms with Crippen LogP contribution in [0.25, 0.3) is 10.2 Å². The molecule has 1 aliphatic rings. The highest BCUT2D eigenvalue weighted by Crippen LogP contribution is 2.32. The molecule has 1 aliphatic heterocycles. The van der Waals surface area contributed by atoms with Crippen molar-refractivity contribution in [2.45, 2.75) is 25.2 Å². The Morgan fingerprint density at radius 2 is 2.25 bits per heavy atom. The summed E-state index contributed by atoms with van der Waals surface area (Å²) in [6.07, 6.45) is 3.55. The first-order chi connectivity index (χ1) is 11.6. The van der Waals surface area contributed by atoms with Crippen LogP contribution >= 0.6 is 23.6 Å². The number of benzene rings is 1. The Labute approximate surface area is 153 Å². The smallest absolute Gasteiger partial charge is 0.168 e. The second-order valence-electron chi connectivity index (χ2n) is 6.85. The van der Waals surface area contributed by atoms with Gasteiger partial charge in [0.1, 0.15) is 0 Å². The maximum absolute atomic E-state index is 5.61. The fourth-order valence-corrected chi connectivity index (χ4v) is 4.54. The Hall–Kier alpha value is -1.24. The summed E-state index contributed by atoms with van der Waals surface area (Å²) in [6, 6.07) is 8.42. The summed E-state index contributed by atoms with van der Waals surface area (Å²) in [5.41, 5.74) is 1.13. The van der Waals surface area contributed by atoms with E-state index in [1.165, 1.54) is 34.0 Å². The molecule has 0 spiro atoms. The van der Waals surface area contributed by atoms with Gasteiger partial charge in [0.15, 0.2) is 5.11 Å². The van der Waals surface area contributed by atoms with E-state index in [-0.39, 0.29) is 0 Å². The van der Waals surface area contributed by atoms with Crippen LogP contribution in [0.1, 0.15) is 30.2 Å². The van der Waals surface area contributed by atoms with Gasteiger partial charge in [0.25, 0.3) is 0 Å². The number of thiazole rings is 1. The fraction of sp³-hybridized carbons (Fsp3) is 0.556. The number of hydrogen-bond acceptors (Lipinski definition) is 3. The average Bonchev–Trinajstić information content (AvgIpc) is 3.02. The lowest BCUT2D eigenvalue weighted by Gasteiger charge is -2.33. The van der Waals surface area contributed by atoms with Gasteiger partial charge >= 0.3 is 0 Å². The third-order valence-corrected chi connectivity index (χ3v) is 6.10. The third kappa shape index (κ3) is 4.43. The second kappa shape index (κ2) is 8.23. The maximum Gasteiger partial charge on any atom is 0.168 e. The number of para-hydroxylation sites is 1. The van der Waals surface area contributed by atoms with Crippen molar-refractivity contribution in [1.29, 1.82) is 0 Å². The van der Waals surface area contributed by atoms with Gasteiger partial charge in [-0.25, -0.2) is 4.98 Å². The average molecular weight is 364 g/mol. The van der Waals surface area contributed by atoms with Crippen molar-refractivity contribution in [2.24, 2.45) is 0 Å². The van der Waals surface area contributed by atoms with Gasteiger partial charge in [-0.2, -0.15) is 0 Å². The van der Waals surface area contributed by atoms with Crippen molar-refractivity contribution in [1.82, 2.24) is 15.2 Å². The van der Waals surface area contributed by atoms with Crippen molar-refractivity contribution in [3.63, 3.8) is 0 Å². The van der Waals surface area contributed by atoms with Crippen molar-refractivity contribution >= 4 is 38.9 Å². The minimum absolute atomic E-state index is 0.502. The molecule has 6 heteroatoms. The number of nitrogens with zero attached hydrogens (tertiary/aromatic N) is 2. The SMILES string of the molecule is C[NH+](C)CCCNC(=S)N1CCC[C@H](c2nc3ccccc3s2)C1. The predicted octanol–water partition coefficient (Wildman–Crippen LogP) is 1.88. The van der Waals surface area contributed by atoms with Crippen LogP contribution in [0, 0.1) is 0 Å². The first-order valence-corrected chi connectivity index (χ1v) is 10.0. The van der Waals surface area contributed by atoms with Crippen LogP contribution in [0.15, 0.2) is 24.3 Å². The Morgan fingerprint density at radius 3 is 3.04 bits per heavy atom. The summed E-state index contributed by atoms with van der Waals surface area (Å²) in [7, 11) is 4.37. The molecular formula is C18H27N4S2+. The molecule has 130 valence electrons. The molecule has 1 atom stereocenters. The van der Waals surface area contributed by atoms with E-state index in [0.717, 1.165) is 36.7 Å². The molecule has 1 saturated heterocycles. The Morgan fingerprint density at radius 1 is 1.42 bits per heavy atom. The number of likely N-dealkylation sites (tertiary alicyclic amines) is 1. The summed E-state index contributed by atoms with van der Waals surface area (Å²) >= 11 is 7.45. The fourth-order valence-electron chi connectivity index (χ4n) is 3.18. The number of piperidine rings is 1. The van der Waals surface area contributed by atoms with Crippen molar-refractivity contribution in [2.75, 3.05) is 40.3 Å². The quantitative estimate of drug-likeness (QED) is 0.628. The van der Waals surface area contributed by atoms with E-state index < -0.39 is 0 Å². The van der Waals surface area contributed by atoms with E-state index >= 15 is 0 Å². The minimum Gasteiger partial charge on any atom is -0.362 e. The number of nitrogens with one attached hydrogen (secondary N) is 2. The molecule has 24 heavy (non-hydrogen) atoms. The molecule has 1 fully saturated rings. The van der Waals surface area contributed by atoms with Gasteiger partial charge in [0.05, 0.1) is 35.9 Å². The zero-order valence-electron chi connectivity index (χ0n) is 14.5. The molecule has 2 aromatic rings. The molecule has 2 heterocycles. The monoisotopic (exact) mass is 363 g/mol. The van der Waals surface area contributed by atoms with Crippen LogP contribution in [0.4, 0.5) is 0 Å². The molecular weight excluding hydrogens is 336 g/mol. The highest BCUT2D eigenvalue weighted by atomic mass is 32.1. The minimum atomic E-state index is 0.502. The number of rotatable bonds is 5. The van der Waals surface area contributed by atoms with E-state index in [1.807, 2.05) is 11.3 Å². The molecule has 0 aliphatic carbocycles. The lowest BCUT2D eigenvalue weighted by Crippen LogP contribution is -3.05. The molecule has 0 amide bonds. The number of thiocarbonyl (C=S) groups is 1. The van der Waals surface area contributed by atoms with Crippen LogP contribution in [-0.4, -0.2) is 55.3 Å². The zero-order chi connectivity index (χ0) is 16.9. The van der Waals surface area contributed by atoms with Gasteiger partial charge in [-0.15, -0.1) is 11.3 Å². The number of hydrogen-bond donors (Lipinski definition) is 2. The summed E-state index contributed by atoms with van der Waals surface area (Å²) < 4.78 is 1.29.